The fourth-order valence-corrected chi connectivity index (χ4v) is 2.90. The van der Waals surface area contributed by atoms with Crippen LogP contribution in [0.2, 0.25) is 0 Å². The molecule has 0 saturated heterocycles. The average Bonchev–Trinajstić information content (AvgIpc) is 2.64. The lowest BCUT2D eigenvalue weighted by Crippen LogP contribution is -2.16. The molecule has 0 fully saturated rings. The lowest BCUT2D eigenvalue weighted by Gasteiger charge is -2.07. The number of benzene rings is 2. The summed E-state index contributed by atoms with van der Waals surface area (Å²) in [5, 5.41) is 13.9. The molecular formula is C17H16N2O5S. The second-order valence-electron chi connectivity index (χ2n) is 4.98. The van der Waals surface area contributed by atoms with E-state index in [1.54, 1.807) is 42.5 Å². The molecule has 2 rings (SSSR count). The molecule has 0 radical (unpaired) electrons. The maximum atomic E-state index is 12.0. The van der Waals surface area contributed by atoms with Gasteiger partial charge in [0.2, 0.25) is 0 Å². The van der Waals surface area contributed by atoms with Crippen LogP contribution in [0.1, 0.15) is 10.4 Å². The van der Waals surface area contributed by atoms with E-state index in [1.165, 1.54) is 13.2 Å². The number of nitro groups is 1. The third-order valence-corrected chi connectivity index (χ3v) is 4.35. The molecule has 0 aliphatic carbocycles. The first-order valence-corrected chi connectivity index (χ1v) is 8.30. The Labute approximate surface area is 148 Å². The Bertz CT molecular complexity index is 794. The van der Waals surface area contributed by atoms with E-state index in [9.17, 15) is 19.7 Å². The molecule has 2 aromatic carbocycles. The molecule has 1 N–H and O–H groups in total. The van der Waals surface area contributed by atoms with E-state index in [0.717, 1.165) is 11.8 Å². The SMILES string of the molecule is COC(=O)c1cccc(NCC(=O)CSc2ccccc2[N+](=O)[O-])c1. The van der Waals surface area contributed by atoms with Crippen LogP contribution < -0.4 is 5.32 Å². The molecule has 130 valence electrons. The Morgan fingerprint density at radius 3 is 2.68 bits per heavy atom. The molecule has 0 spiro atoms. The van der Waals surface area contributed by atoms with Gasteiger partial charge in [0.25, 0.3) is 5.69 Å². The molecule has 0 amide bonds. The maximum Gasteiger partial charge on any atom is 0.337 e. The molecule has 0 saturated carbocycles. The predicted octanol–water partition coefficient (Wildman–Crippen LogP) is 3.15. The summed E-state index contributed by atoms with van der Waals surface area (Å²) in [6.45, 7) is 0.0538. The summed E-state index contributed by atoms with van der Waals surface area (Å²) in [6, 6.07) is 12.9. The number of ether oxygens (including phenoxy) is 1. The van der Waals surface area contributed by atoms with Gasteiger partial charge in [0.05, 0.1) is 34.8 Å². The number of nitrogens with zero attached hydrogens (tertiary/aromatic N) is 1. The zero-order valence-corrected chi connectivity index (χ0v) is 14.2. The van der Waals surface area contributed by atoms with Crippen LogP contribution in [0.4, 0.5) is 11.4 Å². The minimum atomic E-state index is -0.469. The van der Waals surface area contributed by atoms with Crippen molar-refractivity contribution in [2.75, 3.05) is 24.7 Å². The van der Waals surface area contributed by atoms with Crippen LogP contribution in [0.5, 0.6) is 0 Å². The molecule has 0 unspecified atom stereocenters. The third-order valence-electron chi connectivity index (χ3n) is 3.22. The largest absolute Gasteiger partial charge is 0.465 e. The van der Waals surface area contributed by atoms with Crippen LogP contribution in [0.3, 0.4) is 0 Å². The molecule has 0 aliphatic rings. The van der Waals surface area contributed by atoms with Gasteiger partial charge < -0.3 is 10.1 Å². The molecule has 7 nitrogen and oxygen atoms in total. The number of anilines is 1. The fraction of sp³-hybridized carbons (Fsp3) is 0.176. The van der Waals surface area contributed by atoms with Gasteiger partial charge in [-0.3, -0.25) is 14.9 Å². The van der Waals surface area contributed by atoms with Crippen LogP contribution in [0.25, 0.3) is 0 Å². The molecule has 0 aliphatic heterocycles. The molecular weight excluding hydrogens is 344 g/mol. The summed E-state index contributed by atoms with van der Waals surface area (Å²) in [7, 11) is 1.30. The number of rotatable bonds is 8. The van der Waals surface area contributed by atoms with Crippen molar-refractivity contribution in [1.82, 2.24) is 0 Å². The summed E-state index contributed by atoms with van der Waals surface area (Å²) in [4.78, 5) is 34.4. The summed E-state index contributed by atoms with van der Waals surface area (Å²) >= 11 is 1.12. The minimum absolute atomic E-state index is 0.0148. The van der Waals surface area contributed by atoms with Gasteiger partial charge in [0.1, 0.15) is 0 Å². The summed E-state index contributed by atoms with van der Waals surface area (Å²) in [5.41, 5.74) is 0.986. The number of para-hydroxylation sites is 1. The van der Waals surface area contributed by atoms with Crippen molar-refractivity contribution >= 4 is 34.9 Å². The monoisotopic (exact) mass is 360 g/mol. The van der Waals surface area contributed by atoms with Crippen molar-refractivity contribution in [1.29, 1.82) is 0 Å². The van der Waals surface area contributed by atoms with E-state index < -0.39 is 10.9 Å². The predicted molar refractivity (Wildman–Crippen MR) is 95.1 cm³/mol. The number of nitrogens with one attached hydrogen (secondary N) is 1. The van der Waals surface area contributed by atoms with E-state index in [4.69, 9.17) is 0 Å². The van der Waals surface area contributed by atoms with Crippen LogP contribution in [-0.4, -0.2) is 36.1 Å². The van der Waals surface area contributed by atoms with Gasteiger partial charge in [-0.2, -0.15) is 0 Å². The fourth-order valence-electron chi connectivity index (χ4n) is 2.01. The summed E-state index contributed by atoms with van der Waals surface area (Å²) in [6.07, 6.45) is 0. The van der Waals surface area contributed by atoms with Gasteiger partial charge in [-0.1, -0.05) is 18.2 Å². The van der Waals surface area contributed by atoms with Crippen LogP contribution in [0, 0.1) is 10.1 Å². The Morgan fingerprint density at radius 1 is 1.20 bits per heavy atom. The first-order valence-electron chi connectivity index (χ1n) is 7.31. The van der Waals surface area contributed by atoms with E-state index in [1.807, 2.05) is 0 Å². The number of methoxy groups -OCH3 is 1. The van der Waals surface area contributed by atoms with E-state index in [-0.39, 0.29) is 23.8 Å². The maximum absolute atomic E-state index is 12.0. The van der Waals surface area contributed by atoms with E-state index in [2.05, 4.69) is 10.1 Å². The number of thioether (sulfide) groups is 1. The first kappa shape index (κ1) is 18.5. The Morgan fingerprint density at radius 2 is 1.96 bits per heavy atom. The standard InChI is InChI=1S/C17H16N2O5S/c1-24-17(21)12-5-4-6-13(9-12)18-10-14(20)11-25-16-8-3-2-7-15(16)19(22)23/h2-9,18H,10-11H2,1H3. The van der Waals surface area contributed by atoms with Gasteiger partial charge in [-0.25, -0.2) is 4.79 Å². The number of Topliss-reactive ketones (excluding diaryl/α,β-unsaturated/α-hetero) is 1. The lowest BCUT2D eigenvalue weighted by molar-refractivity contribution is -0.387. The normalized spacial score (nSPS) is 10.1. The zero-order chi connectivity index (χ0) is 18.2. The number of nitro benzene ring substituents is 1. The Kier molecular flexibility index (Phi) is 6.53. The second kappa shape index (κ2) is 8.84. The van der Waals surface area contributed by atoms with Crippen LogP contribution in [-0.2, 0) is 9.53 Å². The highest BCUT2D eigenvalue weighted by Gasteiger charge is 2.14. The highest BCUT2D eigenvalue weighted by atomic mass is 32.2. The molecule has 0 heterocycles. The quantitative estimate of drug-likeness (QED) is 0.334. The summed E-state index contributed by atoms with van der Waals surface area (Å²) in [5.74, 6) is -0.470. The van der Waals surface area contributed by atoms with Gasteiger partial charge in [0.15, 0.2) is 5.78 Å². The Balaban J connectivity index is 1.90. The van der Waals surface area contributed by atoms with E-state index in [0.29, 0.717) is 16.1 Å². The van der Waals surface area contributed by atoms with Gasteiger partial charge in [0, 0.05) is 11.8 Å². The minimum Gasteiger partial charge on any atom is -0.465 e. The average molecular weight is 360 g/mol. The summed E-state index contributed by atoms with van der Waals surface area (Å²) < 4.78 is 4.64. The third kappa shape index (κ3) is 5.32. The Hall–Kier alpha value is -2.87. The number of esters is 1. The van der Waals surface area contributed by atoms with Crippen molar-refractivity contribution in [3.8, 4) is 0 Å². The number of carbonyl (C=O) groups is 2. The highest BCUT2D eigenvalue weighted by molar-refractivity contribution is 8.00. The molecule has 2 aromatic rings. The van der Waals surface area contributed by atoms with Crippen molar-refractivity contribution in [2.24, 2.45) is 0 Å². The van der Waals surface area contributed by atoms with Crippen molar-refractivity contribution in [2.45, 2.75) is 4.90 Å². The molecule has 0 aromatic heterocycles. The van der Waals surface area contributed by atoms with Crippen LogP contribution >= 0.6 is 11.8 Å². The van der Waals surface area contributed by atoms with Crippen molar-refractivity contribution in [3.63, 3.8) is 0 Å². The van der Waals surface area contributed by atoms with E-state index >= 15 is 0 Å². The molecule has 8 heteroatoms. The van der Waals surface area contributed by atoms with Crippen molar-refractivity contribution in [3.05, 3.63) is 64.2 Å². The second-order valence-corrected chi connectivity index (χ2v) is 6.00. The van der Waals surface area contributed by atoms with Crippen molar-refractivity contribution < 1.29 is 19.2 Å². The topological polar surface area (TPSA) is 98.5 Å². The smallest absolute Gasteiger partial charge is 0.337 e. The van der Waals surface area contributed by atoms with Gasteiger partial charge in [-0.15, -0.1) is 11.8 Å². The molecule has 25 heavy (non-hydrogen) atoms. The van der Waals surface area contributed by atoms with Gasteiger partial charge >= 0.3 is 5.97 Å². The van der Waals surface area contributed by atoms with Gasteiger partial charge in [-0.05, 0) is 24.3 Å². The number of hydrogen-bond donors (Lipinski definition) is 1. The zero-order valence-electron chi connectivity index (χ0n) is 13.4. The highest BCUT2D eigenvalue weighted by Crippen LogP contribution is 2.28. The molecule has 0 bridgehead atoms. The van der Waals surface area contributed by atoms with Crippen LogP contribution in [0.15, 0.2) is 53.4 Å². The molecule has 0 atom stereocenters. The lowest BCUT2D eigenvalue weighted by atomic mass is 10.2. The number of hydrogen-bond acceptors (Lipinski definition) is 7. The number of ketones is 1. The number of carbonyl (C=O) groups excluding carboxylic acids is 2. The first-order chi connectivity index (χ1) is 12.0.